The Morgan fingerprint density at radius 3 is 2.61 bits per heavy atom. The summed E-state index contributed by atoms with van der Waals surface area (Å²) in [5.41, 5.74) is 2.60. The summed E-state index contributed by atoms with van der Waals surface area (Å²) in [5.74, 6) is 1.00. The normalized spacial score (nSPS) is 12.4. The number of benzene rings is 1. The maximum atomic E-state index is 5.49. The van der Waals surface area contributed by atoms with Gasteiger partial charge in [-0.1, -0.05) is 50.8 Å². The number of hydrogen-bond donors (Lipinski definition) is 1. The number of methoxy groups -OCH3 is 1. The van der Waals surface area contributed by atoms with Gasteiger partial charge in [0.1, 0.15) is 5.75 Å². The smallest absolute Gasteiger partial charge is 0.123 e. The minimum Gasteiger partial charge on any atom is -0.496 e. The molecule has 2 nitrogen and oxygen atoms in total. The predicted molar refractivity (Wildman–Crippen MR) is 78.3 cm³/mol. The van der Waals surface area contributed by atoms with Crippen LogP contribution in [0.15, 0.2) is 18.2 Å². The molecule has 0 spiro atoms. The Morgan fingerprint density at radius 1 is 1.22 bits per heavy atom. The third kappa shape index (κ3) is 4.34. The molecule has 0 amide bonds. The first-order chi connectivity index (χ1) is 8.72. The molecule has 0 saturated carbocycles. The highest BCUT2D eigenvalue weighted by Gasteiger charge is 2.14. The zero-order valence-corrected chi connectivity index (χ0v) is 12.3. The minimum absolute atomic E-state index is 0.413. The van der Waals surface area contributed by atoms with Gasteiger partial charge in [-0.05, 0) is 26.0 Å². The first kappa shape index (κ1) is 15.0. The van der Waals surface area contributed by atoms with E-state index in [-0.39, 0.29) is 0 Å². The zero-order valence-electron chi connectivity index (χ0n) is 12.3. The van der Waals surface area contributed by atoms with Crippen LogP contribution in [-0.2, 0) is 0 Å². The Labute approximate surface area is 112 Å². The van der Waals surface area contributed by atoms with Gasteiger partial charge < -0.3 is 10.1 Å². The second kappa shape index (κ2) is 8.15. The van der Waals surface area contributed by atoms with E-state index in [2.05, 4.69) is 44.3 Å². The number of aryl methyl sites for hydroxylation is 1. The van der Waals surface area contributed by atoms with E-state index in [1.54, 1.807) is 7.11 Å². The van der Waals surface area contributed by atoms with Crippen molar-refractivity contribution in [3.63, 3.8) is 0 Å². The second-order valence-electron chi connectivity index (χ2n) is 4.85. The number of ether oxygens (including phenoxy) is 1. The van der Waals surface area contributed by atoms with E-state index in [4.69, 9.17) is 4.74 Å². The van der Waals surface area contributed by atoms with E-state index >= 15 is 0 Å². The largest absolute Gasteiger partial charge is 0.496 e. The van der Waals surface area contributed by atoms with Gasteiger partial charge in [-0.15, -0.1) is 0 Å². The van der Waals surface area contributed by atoms with Crippen LogP contribution < -0.4 is 10.1 Å². The number of rotatable bonds is 8. The average molecular weight is 249 g/mol. The quantitative estimate of drug-likeness (QED) is 0.696. The van der Waals surface area contributed by atoms with Gasteiger partial charge in [-0.3, -0.25) is 0 Å². The SMILES string of the molecule is CCCCCC(NCC)c1cc(C)ccc1OC. The van der Waals surface area contributed by atoms with Crippen LogP contribution in [0.1, 0.15) is 56.7 Å². The van der Waals surface area contributed by atoms with Crippen molar-refractivity contribution in [2.75, 3.05) is 13.7 Å². The monoisotopic (exact) mass is 249 g/mol. The Hall–Kier alpha value is -1.02. The van der Waals surface area contributed by atoms with E-state index in [0.29, 0.717) is 6.04 Å². The summed E-state index contributed by atoms with van der Waals surface area (Å²) in [6.07, 6.45) is 5.02. The molecule has 0 aliphatic rings. The zero-order chi connectivity index (χ0) is 13.4. The number of hydrogen-bond acceptors (Lipinski definition) is 2. The van der Waals surface area contributed by atoms with Crippen molar-refractivity contribution in [3.8, 4) is 5.75 Å². The number of unbranched alkanes of at least 4 members (excludes halogenated alkanes) is 2. The Balaban J connectivity index is 2.85. The van der Waals surface area contributed by atoms with Crippen LogP contribution in [-0.4, -0.2) is 13.7 Å². The molecule has 0 fully saturated rings. The lowest BCUT2D eigenvalue weighted by atomic mass is 9.98. The fraction of sp³-hybridized carbons (Fsp3) is 0.625. The van der Waals surface area contributed by atoms with E-state index in [1.807, 2.05) is 0 Å². The van der Waals surface area contributed by atoms with Gasteiger partial charge in [0.05, 0.1) is 7.11 Å². The Kier molecular flexibility index (Phi) is 6.81. The molecule has 18 heavy (non-hydrogen) atoms. The average Bonchev–Trinajstić information content (AvgIpc) is 2.38. The molecule has 0 aromatic heterocycles. The molecule has 1 atom stereocenters. The fourth-order valence-corrected chi connectivity index (χ4v) is 2.34. The second-order valence-corrected chi connectivity index (χ2v) is 4.85. The molecule has 0 bridgehead atoms. The third-order valence-electron chi connectivity index (χ3n) is 3.31. The fourth-order valence-electron chi connectivity index (χ4n) is 2.34. The summed E-state index contributed by atoms with van der Waals surface area (Å²) in [4.78, 5) is 0. The van der Waals surface area contributed by atoms with Crippen LogP contribution in [0.5, 0.6) is 5.75 Å². The molecule has 0 saturated heterocycles. The van der Waals surface area contributed by atoms with Crippen LogP contribution in [0.4, 0.5) is 0 Å². The van der Waals surface area contributed by atoms with Crippen LogP contribution in [0.3, 0.4) is 0 Å². The van der Waals surface area contributed by atoms with Crippen LogP contribution >= 0.6 is 0 Å². The summed E-state index contributed by atoms with van der Waals surface area (Å²) in [6.45, 7) is 7.54. The molecule has 2 heteroatoms. The van der Waals surface area contributed by atoms with E-state index in [0.717, 1.165) is 12.3 Å². The molecule has 1 unspecified atom stereocenters. The van der Waals surface area contributed by atoms with Crippen molar-refractivity contribution in [2.24, 2.45) is 0 Å². The molecule has 0 aliphatic heterocycles. The van der Waals surface area contributed by atoms with Gasteiger partial charge in [0.2, 0.25) is 0 Å². The van der Waals surface area contributed by atoms with Gasteiger partial charge in [-0.25, -0.2) is 0 Å². The predicted octanol–water partition coefficient (Wildman–Crippen LogP) is 4.23. The minimum atomic E-state index is 0.413. The molecule has 1 N–H and O–H groups in total. The molecule has 0 radical (unpaired) electrons. The molecule has 1 rings (SSSR count). The molecule has 0 heterocycles. The standard InChI is InChI=1S/C16H27NO/c1-5-7-8-9-15(17-6-2)14-12-13(3)10-11-16(14)18-4/h10-12,15,17H,5-9H2,1-4H3. The lowest BCUT2D eigenvalue weighted by molar-refractivity contribution is 0.393. The summed E-state index contributed by atoms with van der Waals surface area (Å²) in [5, 5.41) is 3.58. The summed E-state index contributed by atoms with van der Waals surface area (Å²) < 4.78 is 5.49. The van der Waals surface area contributed by atoms with Crippen molar-refractivity contribution >= 4 is 0 Å². The maximum absolute atomic E-state index is 5.49. The van der Waals surface area contributed by atoms with E-state index in [1.165, 1.54) is 36.8 Å². The highest BCUT2D eigenvalue weighted by atomic mass is 16.5. The van der Waals surface area contributed by atoms with Crippen LogP contribution in [0.2, 0.25) is 0 Å². The molecule has 1 aromatic carbocycles. The lowest BCUT2D eigenvalue weighted by Crippen LogP contribution is -2.21. The Morgan fingerprint density at radius 2 is 2.00 bits per heavy atom. The number of nitrogens with one attached hydrogen (secondary N) is 1. The van der Waals surface area contributed by atoms with Gasteiger partial charge in [0.25, 0.3) is 0 Å². The maximum Gasteiger partial charge on any atom is 0.123 e. The Bertz CT molecular complexity index is 349. The van der Waals surface area contributed by atoms with E-state index < -0.39 is 0 Å². The van der Waals surface area contributed by atoms with Gasteiger partial charge in [0, 0.05) is 11.6 Å². The molecular formula is C16H27NO. The topological polar surface area (TPSA) is 21.3 Å². The molecular weight excluding hydrogens is 222 g/mol. The highest BCUT2D eigenvalue weighted by Crippen LogP contribution is 2.29. The first-order valence-electron chi connectivity index (χ1n) is 7.10. The van der Waals surface area contributed by atoms with Gasteiger partial charge in [-0.2, -0.15) is 0 Å². The summed E-state index contributed by atoms with van der Waals surface area (Å²) in [6, 6.07) is 6.85. The van der Waals surface area contributed by atoms with Gasteiger partial charge in [0.15, 0.2) is 0 Å². The van der Waals surface area contributed by atoms with Crippen LogP contribution in [0.25, 0.3) is 0 Å². The van der Waals surface area contributed by atoms with Gasteiger partial charge >= 0.3 is 0 Å². The highest BCUT2D eigenvalue weighted by molar-refractivity contribution is 5.39. The molecule has 102 valence electrons. The summed E-state index contributed by atoms with van der Waals surface area (Å²) in [7, 11) is 1.75. The van der Waals surface area contributed by atoms with Crippen molar-refractivity contribution in [3.05, 3.63) is 29.3 Å². The van der Waals surface area contributed by atoms with Crippen molar-refractivity contribution in [1.82, 2.24) is 5.32 Å². The molecule has 1 aromatic rings. The van der Waals surface area contributed by atoms with Crippen LogP contribution in [0, 0.1) is 6.92 Å². The third-order valence-corrected chi connectivity index (χ3v) is 3.31. The first-order valence-corrected chi connectivity index (χ1v) is 7.10. The van der Waals surface area contributed by atoms with Crippen molar-refractivity contribution in [1.29, 1.82) is 0 Å². The molecule has 0 aliphatic carbocycles. The van der Waals surface area contributed by atoms with Crippen molar-refractivity contribution < 1.29 is 4.74 Å². The van der Waals surface area contributed by atoms with E-state index in [9.17, 15) is 0 Å². The summed E-state index contributed by atoms with van der Waals surface area (Å²) >= 11 is 0. The van der Waals surface area contributed by atoms with Crippen molar-refractivity contribution in [2.45, 2.75) is 52.5 Å². The lowest BCUT2D eigenvalue weighted by Gasteiger charge is -2.21.